The third-order valence-corrected chi connectivity index (χ3v) is 4.64. The molecule has 0 amide bonds. The van der Waals surface area contributed by atoms with Gasteiger partial charge in [0.15, 0.2) is 0 Å². The first-order chi connectivity index (χ1) is 13.0. The first-order valence-electron chi connectivity index (χ1n) is 9.09. The highest BCUT2D eigenvalue weighted by molar-refractivity contribution is 5.83. The number of aliphatic hydroxyl groups is 1. The van der Waals surface area contributed by atoms with Gasteiger partial charge >= 0.3 is 0 Å². The molecule has 3 rings (SSSR count). The Labute approximate surface area is 159 Å². The standard InChI is InChI=1S/C22H25N3O2/c1-15-14-16(2)25(24-15)22(27)20(17(3)26)21(18-10-6-4-7-11-18)23-19-12-8-5-9-13-19/h4-14,17,20-21,23,26H,1-3H3. The molecule has 0 fully saturated rings. The number of hydrogen-bond acceptors (Lipinski definition) is 4. The Morgan fingerprint density at radius 1 is 1.04 bits per heavy atom. The van der Waals surface area contributed by atoms with Gasteiger partial charge in [0, 0.05) is 11.4 Å². The lowest BCUT2D eigenvalue weighted by Crippen LogP contribution is -2.39. The Morgan fingerprint density at radius 2 is 1.63 bits per heavy atom. The minimum atomic E-state index is -0.858. The summed E-state index contributed by atoms with van der Waals surface area (Å²) in [6.07, 6.45) is -0.858. The van der Waals surface area contributed by atoms with Crippen LogP contribution in [0.3, 0.4) is 0 Å². The molecule has 1 heterocycles. The smallest absolute Gasteiger partial charge is 0.255 e. The van der Waals surface area contributed by atoms with Crippen molar-refractivity contribution in [3.05, 3.63) is 83.7 Å². The lowest BCUT2D eigenvalue weighted by atomic mass is 9.88. The Hall–Kier alpha value is -2.92. The number of aliphatic hydroxyl groups excluding tert-OH is 1. The molecule has 0 saturated carbocycles. The lowest BCUT2D eigenvalue weighted by Gasteiger charge is -2.30. The van der Waals surface area contributed by atoms with Crippen LogP contribution in [0, 0.1) is 19.8 Å². The maximum absolute atomic E-state index is 13.3. The van der Waals surface area contributed by atoms with Crippen molar-refractivity contribution in [1.29, 1.82) is 0 Å². The number of anilines is 1. The number of aryl methyl sites for hydroxylation is 2. The van der Waals surface area contributed by atoms with E-state index >= 15 is 0 Å². The molecule has 0 bridgehead atoms. The van der Waals surface area contributed by atoms with Crippen LogP contribution in [0.2, 0.25) is 0 Å². The number of carbonyl (C=O) groups is 1. The maximum Gasteiger partial charge on any atom is 0.255 e. The van der Waals surface area contributed by atoms with Gasteiger partial charge in [-0.2, -0.15) is 5.10 Å². The molecule has 5 nitrogen and oxygen atoms in total. The number of nitrogens with zero attached hydrogens (tertiary/aromatic N) is 2. The van der Waals surface area contributed by atoms with Gasteiger partial charge in [-0.05, 0) is 44.5 Å². The molecule has 3 aromatic rings. The van der Waals surface area contributed by atoms with Crippen LogP contribution in [0.1, 0.15) is 34.7 Å². The molecule has 0 aliphatic heterocycles. The molecule has 1 aromatic heterocycles. The van der Waals surface area contributed by atoms with Gasteiger partial charge in [0.05, 0.1) is 23.8 Å². The second kappa shape index (κ2) is 8.18. The van der Waals surface area contributed by atoms with Crippen LogP contribution in [0.15, 0.2) is 66.7 Å². The normalized spacial score (nSPS) is 14.4. The molecule has 0 spiro atoms. The number of benzene rings is 2. The average Bonchev–Trinajstić information content (AvgIpc) is 3.00. The van der Waals surface area contributed by atoms with E-state index in [0.29, 0.717) is 0 Å². The van der Waals surface area contributed by atoms with Crippen LogP contribution in [-0.4, -0.2) is 26.9 Å². The fourth-order valence-corrected chi connectivity index (χ4v) is 3.38. The highest BCUT2D eigenvalue weighted by atomic mass is 16.3. The van der Waals surface area contributed by atoms with E-state index in [1.165, 1.54) is 4.68 Å². The molecule has 5 heteroatoms. The zero-order valence-electron chi connectivity index (χ0n) is 15.8. The minimum Gasteiger partial charge on any atom is -0.392 e. The van der Waals surface area contributed by atoms with Gasteiger partial charge in [-0.15, -0.1) is 0 Å². The van der Waals surface area contributed by atoms with Crippen LogP contribution in [0.25, 0.3) is 0 Å². The Kier molecular flexibility index (Phi) is 5.72. The van der Waals surface area contributed by atoms with Crippen molar-refractivity contribution in [2.45, 2.75) is 32.9 Å². The van der Waals surface area contributed by atoms with E-state index in [0.717, 1.165) is 22.6 Å². The second-order valence-electron chi connectivity index (χ2n) is 6.84. The summed E-state index contributed by atoms with van der Waals surface area (Å²) in [4.78, 5) is 13.3. The van der Waals surface area contributed by atoms with Crippen molar-refractivity contribution in [3.63, 3.8) is 0 Å². The van der Waals surface area contributed by atoms with Gasteiger partial charge in [0.1, 0.15) is 0 Å². The number of para-hydroxylation sites is 1. The summed E-state index contributed by atoms with van der Waals surface area (Å²) in [6.45, 7) is 5.35. The van der Waals surface area contributed by atoms with Crippen molar-refractivity contribution in [3.8, 4) is 0 Å². The summed E-state index contributed by atoms with van der Waals surface area (Å²) >= 11 is 0. The quantitative estimate of drug-likeness (QED) is 0.695. The van der Waals surface area contributed by atoms with Gasteiger partial charge in [-0.25, -0.2) is 4.68 Å². The third-order valence-electron chi connectivity index (χ3n) is 4.64. The number of rotatable bonds is 6. The number of nitrogens with one attached hydrogen (secondary N) is 1. The molecule has 3 unspecified atom stereocenters. The van der Waals surface area contributed by atoms with Crippen LogP contribution in [0.4, 0.5) is 5.69 Å². The molecule has 0 radical (unpaired) electrons. The third kappa shape index (κ3) is 4.26. The molecular weight excluding hydrogens is 338 g/mol. The van der Waals surface area contributed by atoms with Gasteiger partial charge in [0.2, 0.25) is 0 Å². The van der Waals surface area contributed by atoms with Gasteiger partial charge in [-0.1, -0.05) is 48.5 Å². The van der Waals surface area contributed by atoms with E-state index in [1.54, 1.807) is 6.92 Å². The second-order valence-corrected chi connectivity index (χ2v) is 6.84. The fraction of sp³-hybridized carbons (Fsp3) is 0.273. The largest absolute Gasteiger partial charge is 0.392 e. The average molecular weight is 363 g/mol. The van der Waals surface area contributed by atoms with Gasteiger partial charge in [-0.3, -0.25) is 4.79 Å². The predicted molar refractivity (Wildman–Crippen MR) is 107 cm³/mol. The Bertz CT molecular complexity index is 888. The van der Waals surface area contributed by atoms with E-state index in [9.17, 15) is 9.90 Å². The zero-order valence-corrected chi connectivity index (χ0v) is 15.8. The first kappa shape index (κ1) is 18.9. The van der Waals surface area contributed by atoms with E-state index in [-0.39, 0.29) is 5.91 Å². The molecule has 27 heavy (non-hydrogen) atoms. The van der Waals surface area contributed by atoms with Gasteiger partial charge < -0.3 is 10.4 Å². The predicted octanol–water partition coefficient (Wildman–Crippen LogP) is 3.99. The lowest BCUT2D eigenvalue weighted by molar-refractivity contribution is 0.0581. The highest BCUT2D eigenvalue weighted by Crippen LogP contribution is 2.30. The number of hydrogen-bond donors (Lipinski definition) is 2. The van der Waals surface area contributed by atoms with Crippen LogP contribution < -0.4 is 5.32 Å². The molecule has 0 saturated heterocycles. The molecular formula is C22H25N3O2. The highest BCUT2D eigenvalue weighted by Gasteiger charge is 2.35. The summed E-state index contributed by atoms with van der Waals surface area (Å²) in [6, 6.07) is 20.9. The van der Waals surface area contributed by atoms with Crippen molar-refractivity contribution in [2.75, 3.05) is 5.32 Å². The monoisotopic (exact) mass is 363 g/mol. The summed E-state index contributed by atoms with van der Waals surface area (Å²) in [5.41, 5.74) is 3.35. The van der Waals surface area contributed by atoms with Crippen molar-refractivity contribution < 1.29 is 9.90 Å². The molecule has 0 aliphatic carbocycles. The molecule has 2 aromatic carbocycles. The molecule has 3 atom stereocenters. The van der Waals surface area contributed by atoms with Crippen molar-refractivity contribution in [1.82, 2.24) is 9.78 Å². The SMILES string of the molecule is Cc1cc(C)n(C(=O)C(C(C)O)C(Nc2ccccc2)c2ccccc2)n1. The topological polar surface area (TPSA) is 67.2 Å². The van der Waals surface area contributed by atoms with E-state index in [4.69, 9.17) is 0 Å². The fourth-order valence-electron chi connectivity index (χ4n) is 3.38. The van der Waals surface area contributed by atoms with Crippen molar-refractivity contribution in [2.24, 2.45) is 5.92 Å². The molecule has 140 valence electrons. The van der Waals surface area contributed by atoms with E-state index in [2.05, 4.69) is 10.4 Å². The van der Waals surface area contributed by atoms with E-state index < -0.39 is 18.1 Å². The van der Waals surface area contributed by atoms with E-state index in [1.807, 2.05) is 80.6 Å². The summed E-state index contributed by atoms with van der Waals surface area (Å²) in [5.74, 6) is -0.932. The number of aromatic nitrogens is 2. The first-order valence-corrected chi connectivity index (χ1v) is 9.09. The van der Waals surface area contributed by atoms with Crippen LogP contribution >= 0.6 is 0 Å². The summed E-state index contributed by atoms with van der Waals surface area (Å²) in [7, 11) is 0. The van der Waals surface area contributed by atoms with Crippen molar-refractivity contribution >= 4 is 11.6 Å². The summed E-state index contributed by atoms with van der Waals surface area (Å²) in [5, 5.41) is 18.3. The Morgan fingerprint density at radius 3 is 2.15 bits per heavy atom. The maximum atomic E-state index is 13.3. The minimum absolute atomic E-state index is 0.229. The summed E-state index contributed by atoms with van der Waals surface area (Å²) < 4.78 is 1.40. The van der Waals surface area contributed by atoms with Gasteiger partial charge in [0.25, 0.3) is 5.91 Å². The van der Waals surface area contributed by atoms with Crippen LogP contribution in [0.5, 0.6) is 0 Å². The molecule has 0 aliphatic rings. The number of carbonyl (C=O) groups excluding carboxylic acids is 1. The van der Waals surface area contributed by atoms with Crippen LogP contribution in [-0.2, 0) is 0 Å². The Balaban J connectivity index is 2.03. The zero-order chi connectivity index (χ0) is 19.4. The molecule has 2 N–H and O–H groups in total.